The van der Waals surface area contributed by atoms with E-state index in [9.17, 15) is 0 Å². The average molecular weight is 203 g/mol. The van der Waals surface area contributed by atoms with E-state index in [1.807, 2.05) is 11.8 Å². The molecule has 0 saturated heterocycles. The summed E-state index contributed by atoms with van der Waals surface area (Å²) < 4.78 is 0. The quantitative estimate of drug-likeness (QED) is 0.687. The lowest BCUT2D eigenvalue weighted by Crippen LogP contribution is -2.26. The highest BCUT2D eigenvalue weighted by Gasteiger charge is 2.09. The van der Waals surface area contributed by atoms with Crippen LogP contribution in [0.15, 0.2) is 0 Å². The molecule has 0 aromatic rings. The zero-order valence-corrected chi connectivity index (χ0v) is 10.4. The Kier molecular flexibility index (Phi) is 7.87. The Morgan fingerprint density at radius 2 is 1.85 bits per heavy atom. The van der Waals surface area contributed by atoms with Gasteiger partial charge in [-0.15, -0.1) is 0 Å². The van der Waals surface area contributed by atoms with Crippen LogP contribution in [-0.4, -0.2) is 17.0 Å². The number of hydrogen-bond donors (Lipinski definition) is 1. The monoisotopic (exact) mass is 203 g/mol. The van der Waals surface area contributed by atoms with Crippen molar-refractivity contribution in [3.05, 3.63) is 0 Å². The van der Waals surface area contributed by atoms with Gasteiger partial charge in [0.05, 0.1) is 0 Å². The number of hydrogen-bond acceptors (Lipinski definition) is 2. The molecule has 0 bridgehead atoms. The molecule has 0 heterocycles. The predicted molar refractivity (Wildman–Crippen MR) is 64.3 cm³/mol. The van der Waals surface area contributed by atoms with Crippen molar-refractivity contribution in [2.24, 2.45) is 11.7 Å². The lowest BCUT2D eigenvalue weighted by atomic mass is 9.99. The van der Waals surface area contributed by atoms with E-state index < -0.39 is 0 Å². The van der Waals surface area contributed by atoms with Gasteiger partial charge in [-0.3, -0.25) is 0 Å². The fourth-order valence-corrected chi connectivity index (χ4v) is 2.28. The van der Waals surface area contributed by atoms with Crippen molar-refractivity contribution in [3.63, 3.8) is 0 Å². The highest BCUT2D eigenvalue weighted by Crippen LogP contribution is 2.16. The molecule has 0 aliphatic rings. The molecule has 2 atom stereocenters. The fraction of sp³-hybridized carbons (Fsp3) is 1.00. The van der Waals surface area contributed by atoms with Crippen LogP contribution in [0.2, 0.25) is 0 Å². The fourth-order valence-electron chi connectivity index (χ4n) is 1.51. The third-order valence-electron chi connectivity index (χ3n) is 2.13. The van der Waals surface area contributed by atoms with Crippen LogP contribution < -0.4 is 5.73 Å². The summed E-state index contributed by atoms with van der Waals surface area (Å²) in [6, 6.07) is 0.397. The molecule has 0 aromatic heterocycles. The van der Waals surface area contributed by atoms with Crippen LogP contribution in [0.3, 0.4) is 0 Å². The van der Waals surface area contributed by atoms with Crippen molar-refractivity contribution in [2.45, 2.75) is 58.2 Å². The van der Waals surface area contributed by atoms with Crippen LogP contribution in [0.1, 0.15) is 47.0 Å². The lowest BCUT2D eigenvalue weighted by Gasteiger charge is -2.17. The second kappa shape index (κ2) is 7.69. The molecule has 2 unspecified atom stereocenters. The minimum atomic E-state index is 0.397. The largest absolute Gasteiger partial charge is 0.327 e. The lowest BCUT2D eigenvalue weighted by molar-refractivity contribution is 0.450. The van der Waals surface area contributed by atoms with E-state index >= 15 is 0 Å². The molecule has 80 valence electrons. The SMILES string of the molecule is CCCC(C)CC(N)CSC(C)C. The Morgan fingerprint density at radius 3 is 2.31 bits per heavy atom. The van der Waals surface area contributed by atoms with E-state index in [1.165, 1.54) is 19.3 Å². The van der Waals surface area contributed by atoms with Gasteiger partial charge in [-0.25, -0.2) is 0 Å². The van der Waals surface area contributed by atoms with Gasteiger partial charge in [-0.1, -0.05) is 40.5 Å². The Labute approximate surface area is 87.9 Å². The standard InChI is InChI=1S/C11H25NS/c1-5-6-10(4)7-11(12)8-13-9(2)3/h9-11H,5-8,12H2,1-4H3. The Balaban J connectivity index is 3.43. The molecule has 0 fully saturated rings. The molecule has 0 aliphatic carbocycles. The van der Waals surface area contributed by atoms with Gasteiger partial charge >= 0.3 is 0 Å². The average Bonchev–Trinajstić information content (AvgIpc) is 2.01. The van der Waals surface area contributed by atoms with Gasteiger partial charge in [-0.05, 0) is 17.6 Å². The number of nitrogens with two attached hydrogens (primary N) is 1. The summed E-state index contributed by atoms with van der Waals surface area (Å²) in [5.74, 6) is 1.92. The summed E-state index contributed by atoms with van der Waals surface area (Å²) in [5, 5.41) is 0.715. The molecule has 0 amide bonds. The van der Waals surface area contributed by atoms with Crippen molar-refractivity contribution >= 4 is 11.8 Å². The topological polar surface area (TPSA) is 26.0 Å². The van der Waals surface area contributed by atoms with Crippen LogP contribution in [-0.2, 0) is 0 Å². The van der Waals surface area contributed by atoms with Gasteiger partial charge in [0, 0.05) is 11.8 Å². The molecule has 0 rings (SSSR count). The van der Waals surface area contributed by atoms with Crippen molar-refractivity contribution in [1.29, 1.82) is 0 Å². The van der Waals surface area contributed by atoms with Gasteiger partial charge in [0.25, 0.3) is 0 Å². The van der Waals surface area contributed by atoms with Gasteiger partial charge < -0.3 is 5.73 Å². The molecular formula is C11H25NS. The van der Waals surface area contributed by atoms with Crippen LogP contribution >= 0.6 is 11.8 Å². The summed E-state index contributed by atoms with van der Waals surface area (Å²) in [5.41, 5.74) is 6.03. The minimum Gasteiger partial charge on any atom is -0.327 e. The zero-order chi connectivity index (χ0) is 10.3. The van der Waals surface area contributed by atoms with Crippen LogP contribution in [0.5, 0.6) is 0 Å². The van der Waals surface area contributed by atoms with E-state index in [-0.39, 0.29) is 0 Å². The molecular weight excluding hydrogens is 178 g/mol. The summed E-state index contributed by atoms with van der Waals surface area (Å²) in [7, 11) is 0. The normalized spacial score (nSPS) is 16.2. The number of rotatable bonds is 7. The maximum atomic E-state index is 6.03. The third-order valence-corrected chi connectivity index (χ3v) is 3.42. The Bertz CT molecular complexity index is 115. The van der Waals surface area contributed by atoms with E-state index in [4.69, 9.17) is 5.73 Å². The molecule has 1 nitrogen and oxygen atoms in total. The highest BCUT2D eigenvalue weighted by atomic mass is 32.2. The maximum absolute atomic E-state index is 6.03. The van der Waals surface area contributed by atoms with Crippen molar-refractivity contribution in [2.75, 3.05) is 5.75 Å². The third kappa shape index (κ3) is 8.63. The summed E-state index contributed by atoms with van der Waals surface area (Å²) in [4.78, 5) is 0. The highest BCUT2D eigenvalue weighted by molar-refractivity contribution is 7.99. The molecule has 2 heteroatoms. The van der Waals surface area contributed by atoms with Gasteiger partial charge in [-0.2, -0.15) is 11.8 Å². The second-order valence-electron chi connectivity index (χ2n) is 4.27. The molecule has 0 aliphatic heterocycles. The van der Waals surface area contributed by atoms with Crippen molar-refractivity contribution in [3.8, 4) is 0 Å². The van der Waals surface area contributed by atoms with E-state index in [1.54, 1.807) is 0 Å². The second-order valence-corrected chi connectivity index (χ2v) is 5.88. The first-order chi connectivity index (χ1) is 6.06. The van der Waals surface area contributed by atoms with Crippen molar-refractivity contribution < 1.29 is 0 Å². The first kappa shape index (κ1) is 13.3. The van der Waals surface area contributed by atoms with E-state index in [2.05, 4.69) is 27.7 Å². The molecule has 0 spiro atoms. The summed E-state index contributed by atoms with van der Waals surface area (Å²) in [6.45, 7) is 9.01. The first-order valence-electron chi connectivity index (χ1n) is 5.43. The van der Waals surface area contributed by atoms with Gasteiger partial charge in [0.2, 0.25) is 0 Å². The zero-order valence-electron chi connectivity index (χ0n) is 9.55. The van der Waals surface area contributed by atoms with Gasteiger partial charge in [0.15, 0.2) is 0 Å². The van der Waals surface area contributed by atoms with E-state index in [0.717, 1.165) is 11.7 Å². The smallest absolute Gasteiger partial charge is 0.0133 e. The Hall–Kier alpha value is 0.310. The Morgan fingerprint density at radius 1 is 1.23 bits per heavy atom. The van der Waals surface area contributed by atoms with Gasteiger partial charge in [0.1, 0.15) is 0 Å². The minimum absolute atomic E-state index is 0.397. The maximum Gasteiger partial charge on any atom is 0.0133 e. The van der Waals surface area contributed by atoms with Crippen LogP contribution in [0, 0.1) is 5.92 Å². The molecule has 2 N–H and O–H groups in total. The number of thioether (sulfide) groups is 1. The van der Waals surface area contributed by atoms with Crippen LogP contribution in [0.4, 0.5) is 0 Å². The first-order valence-corrected chi connectivity index (χ1v) is 6.48. The molecule has 13 heavy (non-hydrogen) atoms. The summed E-state index contributed by atoms with van der Waals surface area (Å²) >= 11 is 1.97. The van der Waals surface area contributed by atoms with Crippen LogP contribution in [0.25, 0.3) is 0 Å². The molecule has 0 aromatic carbocycles. The molecule has 0 saturated carbocycles. The summed E-state index contributed by atoms with van der Waals surface area (Å²) in [6.07, 6.45) is 3.79. The predicted octanol–water partition coefficient (Wildman–Crippen LogP) is 3.28. The molecule has 0 radical (unpaired) electrons. The van der Waals surface area contributed by atoms with E-state index in [0.29, 0.717) is 11.3 Å². The van der Waals surface area contributed by atoms with Crippen molar-refractivity contribution in [1.82, 2.24) is 0 Å².